The molecule has 0 aliphatic rings. The molecule has 6 heteroatoms. The standard InChI is InChI=1S/C18H15F2N3O/c1-23(11-12-3-2-4-15(20)9-12)18(24)16-10-21-22-17(16)13-5-7-14(19)8-6-13/h2-10H,11H2,1H3,(H,21,22). The summed E-state index contributed by atoms with van der Waals surface area (Å²) in [6, 6.07) is 11.9. The van der Waals surface area contributed by atoms with Crippen molar-refractivity contribution in [3.63, 3.8) is 0 Å². The van der Waals surface area contributed by atoms with E-state index < -0.39 is 0 Å². The number of benzene rings is 2. The average molecular weight is 327 g/mol. The van der Waals surface area contributed by atoms with Crippen molar-refractivity contribution in [3.05, 3.63) is 77.5 Å². The lowest BCUT2D eigenvalue weighted by atomic mass is 10.1. The molecule has 3 rings (SSSR count). The maximum absolute atomic E-state index is 13.3. The summed E-state index contributed by atoms with van der Waals surface area (Å²) in [5.74, 6) is -0.953. The zero-order valence-corrected chi connectivity index (χ0v) is 13.0. The van der Waals surface area contributed by atoms with Gasteiger partial charge in [-0.25, -0.2) is 8.78 Å². The van der Waals surface area contributed by atoms with Crippen LogP contribution in [0.4, 0.5) is 8.78 Å². The van der Waals surface area contributed by atoms with Crippen LogP contribution < -0.4 is 0 Å². The second-order valence-corrected chi connectivity index (χ2v) is 5.46. The van der Waals surface area contributed by atoms with E-state index in [1.165, 1.54) is 35.4 Å². The van der Waals surface area contributed by atoms with Gasteiger partial charge in [-0.3, -0.25) is 9.89 Å². The number of hydrogen-bond acceptors (Lipinski definition) is 2. The van der Waals surface area contributed by atoms with Gasteiger partial charge in [-0.2, -0.15) is 5.10 Å². The Balaban J connectivity index is 1.83. The first kappa shape index (κ1) is 15.9. The molecule has 0 aliphatic carbocycles. The van der Waals surface area contributed by atoms with Crippen molar-refractivity contribution in [2.75, 3.05) is 7.05 Å². The Morgan fingerprint density at radius 2 is 1.88 bits per heavy atom. The molecule has 0 radical (unpaired) electrons. The predicted molar refractivity (Wildman–Crippen MR) is 86.2 cm³/mol. The number of aromatic amines is 1. The number of rotatable bonds is 4. The molecule has 0 saturated carbocycles. The zero-order valence-electron chi connectivity index (χ0n) is 13.0. The Hall–Kier alpha value is -3.02. The van der Waals surface area contributed by atoms with Gasteiger partial charge in [-0.15, -0.1) is 0 Å². The third-order valence-electron chi connectivity index (χ3n) is 3.66. The first-order valence-electron chi connectivity index (χ1n) is 7.34. The molecule has 0 atom stereocenters. The highest BCUT2D eigenvalue weighted by Crippen LogP contribution is 2.23. The summed E-state index contributed by atoms with van der Waals surface area (Å²) in [5.41, 5.74) is 2.25. The fourth-order valence-corrected chi connectivity index (χ4v) is 2.47. The minimum absolute atomic E-state index is 0.257. The van der Waals surface area contributed by atoms with E-state index in [9.17, 15) is 13.6 Å². The molecule has 122 valence electrons. The molecule has 0 aliphatic heterocycles. The molecule has 4 nitrogen and oxygen atoms in total. The molecule has 0 saturated heterocycles. The van der Waals surface area contributed by atoms with Gasteiger partial charge in [0.05, 0.1) is 17.5 Å². The van der Waals surface area contributed by atoms with Crippen LogP contribution >= 0.6 is 0 Å². The fourth-order valence-electron chi connectivity index (χ4n) is 2.47. The first-order chi connectivity index (χ1) is 11.5. The topological polar surface area (TPSA) is 49.0 Å². The summed E-state index contributed by atoms with van der Waals surface area (Å²) >= 11 is 0. The second kappa shape index (κ2) is 6.62. The van der Waals surface area contributed by atoms with Crippen molar-refractivity contribution in [2.24, 2.45) is 0 Å². The quantitative estimate of drug-likeness (QED) is 0.795. The van der Waals surface area contributed by atoms with Crippen LogP contribution in [0, 0.1) is 11.6 Å². The molecule has 2 aromatic carbocycles. The van der Waals surface area contributed by atoms with Crippen LogP contribution in [-0.2, 0) is 6.54 Å². The van der Waals surface area contributed by atoms with Crippen molar-refractivity contribution in [1.82, 2.24) is 15.1 Å². The van der Waals surface area contributed by atoms with Crippen LogP contribution in [0.15, 0.2) is 54.7 Å². The Bertz CT molecular complexity index is 859. The van der Waals surface area contributed by atoms with E-state index in [-0.39, 0.29) is 24.1 Å². The van der Waals surface area contributed by atoms with E-state index in [2.05, 4.69) is 10.2 Å². The normalized spacial score (nSPS) is 10.6. The number of nitrogens with zero attached hydrogens (tertiary/aromatic N) is 2. The summed E-state index contributed by atoms with van der Waals surface area (Å²) in [6.07, 6.45) is 1.43. The van der Waals surface area contributed by atoms with Crippen LogP contribution in [-0.4, -0.2) is 28.1 Å². The lowest BCUT2D eigenvalue weighted by Crippen LogP contribution is -2.26. The van der Waals surface area contributed by atoms with Gasteiger partial charge in [0.2, 0.25) is 0 Å². The number of hydrogen-bond donors (Lipinski definition) is 1. The fraction of sp³-hybridized carbons (Fsp3) is 0.111. The van der Waals surface area contributed by atoms with Gasteiger partial charge in [0.15, 0.2) is 0 Å². The minimum atomic E-state index is -0.352. The number of H-pyrrole nitrogens is 1. The van der Waals surface area contributed by atoms with Crippen LogP contribution in [0.25, 0.3) is 11.3 Å². The summed E-state index contributed by atoms with van der Waals surface area (Å²) in [7, 11) is 1.63. The van der Waals surface area contributed by atoms with Gasteiger partial charge in [0.1, 0.15) is 11.6 Å². The van der Waals surface area contributed by atoms with Gasteiger partial charge < -0.3 is 4.90 Å². The SMILES string of the molecule is CN(Cc1cccc(F)c1)C(=O)c1cn[nH]c1-c1ccc(F)cc1. The minimum Gasteiger partial charge on any atom is -0.337 e. The van der Waals surface area contributed by atoms with E-state index in [0.717, 1.165) is 0 Å². The summed E-state index contributed by atoms with van der Waals surface area (Å²) < 4.78 is 26.3. The van der Waals surface area contributed by atoms with Crippen molar-refractivity contribution >= 4 is 5.91 Å². The molecule has 0 bridgehead atoms. The van der Waals surface area contributed by atoms with Gasteiger partial charge in [-0.05, 0) is 42.0 Å². The Morgan fingerprint density at radius 3 is 2.58 bits per heavy atom. The molecule has 0 spiro atoms. The molecule has 1 N–H and O–H groups in total. The number of carbonyl (C=O) groups excluding carboxylic acids is 1. The van der Waals surface area contributed by atoms with Crippen molar-refractivity contribution in [3.8, 4) is 11.3 Å². The maximum atomic E-state index is 13.3. The third kappa shape index (κ3) is 3.32. The van der Waals surface area contributed by atoms with E-state index in [1.807, 2.05) is 0 Å². The number of amides is 1. The lowest BCUT2D eigenvalue weighted by Gasteiger charge is -2.17. The number of halogens is 2. The largest absolute Gasteiger partial charge is 0.337 e. The van der Waals surface area contributed by atoms with E-state index in [0.29, 0.717) is 22.4 Å². The number of aromatic nitrogens is 2. The molecule has 24 heavy (non-hydrogen) atoms. The van der Waals surface area contributed by atoms with E-state index in [1.54, 1.807) is 31.3 Å². The lowest BCUT2D eigenvalue weighted by molar-refractivity contribution is 0.0786. The maximum Gasteiger partial charge on any atom is 0.257 e. The molecule has 0 fully saturated rings. The van der Waals surface area contributed by atoms with Crippen LogP contribution in [0.5, 0.6) is 0 Å². The van der Waals surface area contributed by atoms with Gasteiger partial charge in [-0.1, -0.05) is 12.1 Å². The molecular formula is C18H15F2N3O. The van der Waals surface area contributed by atoms with Crippen molar-refractivity contribution < 1.29 is 13.6 Å². The molecule has 1 amide bonds. The number of carbonyl (C=O) groups is 1. The average Bonchev–Trinajstić information content (AvgIpc) is 3.04. The molecular weight excluding hydrogens is 312 g/mol. The molecule has 0 unspecified atom stereocenters. The summed E-state index contributed by atoms with van der Waals surface area (Å²) in [5, 5.41) is 6.69. The zero-order chi connectivity index (χ0) is 17.1. The highest BCUT2D eigenvalue weighted by molar-refractivity contribution is 5.99. The van der Waals surface area contributed by atoms with E-state index >= 15 is 0 Å². The number of nitrogens with one attached hydrogen (secondary N) is 1. The van der Waals surface area contributed by atoms with Gasteiger partial charge in [0, 0.05) is 19.2 Å². The van der Waals surface area contributed by atoms with Crippen molar-refractivity contribution in [2.45, 2.75) is 6.54 Å². The Morgan fingerprint density at radius 1 is 1.12 bits per heavy atom. The molecule has 3 aromatic rings. The molecule has 1 aromatic heterocycles. The monoisotopic (exact) mass is 327 g/mol. The Kier molecular flexibility index (Phi) is 4.37. The van der Waals surface area contributed by atoms with Crippen LogP contribution in [0.2, 0.25) is 0 Å². The highest BCUT2D eigenvalue weighted by Gasteiger charge is 2.19. The third-order valence-corrected chi connectivity index (χ3v) is 3.66. The van der Waals surface area contributed by atoms with Crippen molar-refractivity contribution in [1.29, 1.82) is 0 Å². The predicted octanol–water partition coefficient (Wildman–Crippen LogP) is 3.63. The van der Waals surface area contributed by atoms with Gasteiger partial charge >= 0.3 is 0 Å². The molecule has 1 heterocycles. The first-order valence-corrected chi connectivity index (χ1v) is 7.34. The summed E-state index contributed by atoms with van der Waals surface area (Å²) in [4.78, 5) is 14.1. The smallest absolute Gasteiger partial charge is 0.257 e. The van der Waals surface area contributed by atoms with Crippen LogP contribution in [0.3, 0.4) is 0 Å². The Labute approximate surface area is 137 Å². The van der Waals surface area contributed by atoms with Gasteiger partial charge in [0.25, 0.3) is 5.91 Å². The highest BCUT2D eigenvalue weighted by atomic mass is 19.1. The van der Waals surface area contributed by atoms with Crippen LogP contribution in [0.1, 0.15) is 15.9 Å². The summed E-state index contributed by atoms with van der Waals surface area (Å²) in [6.45, 7) is 0.268. The second-order valence-electron chi connectivity index (χ2n) is 5.46. The van der Waals surface area contributed by atoms with E-state index in [4.69, 9.17) is 0 Å².